The Hall–Kier alpha value is -1.16. The molecule has 4 rings (SSSR count). The Kier molecular flexibility index (Phi) is 12.1. The zero-order valence-electron chi connectivity index (χ0n) is 29.0. The number of hydrogen-bond acceptors (Lipinski definition) is 1. The van der Waals surface area contributed by atoms with Gasteiger partial charge in [0.05, 0.1) is 0 Å². The third kappa shape index (κ3) is 7.80. The van der Waals surface area contributed by atoms with Crippen LogP contribution in [-0.2, 0) is 0 Å². The van der Waals surface area contributed by atoms with Crippen LogP contribution in [0.3, 0.4) is 0 Å². The van der Waals surface area contributed by atoms with E-state index in [1.54, 1.807) is 31.0 Å². The van der Waals surface area contributed by atoms with E-state index in [0.717, 1.165) is 0 Å². The van der Waals surface area contributed by atoms with Gasteiger partial charge in [-0.25, -0.2) is 0 Å². The van der Waals surface area contributed by atoms with E-state index < -0.39 is 26.4 Å². The Balaban J connectivity index is 2.02. The summed E-state index contributed by atoms with van der Waals surface area (Å²) in [4.78, 5) is 0. The molecule has 3 heteroatoms. The number of rotatable bonds is 12. The predicted octanol–water partition coefficient (Wildman–Crippen LogP) is 11.2. The van der Waals surface area contributed by atoms with E-state index in [-0.39, 0.29) is 0 Å². The van der Waals surface area contributed by atoms with Crippen LogP contribution in [0.4, 0.5) is 0 Å². The molecule has 230 valence electrons. The monoisotopic (exact) mass is 716 g/mol. The zero-order valence-corrected chi connectivity index (χ0v) is 34.0. The average molecular weight is 714 g/mol. The van der Waals surface area contributed by atoms with Gasteiger partial charge in [-0.15, -0.1) is 0 Å². The van der Waals surface area contributed by atoms with E-state index in [1.165, 1.54) is 11.1 Å². The Labute approximate surface area is 276 Å². The molecule has 0 aromatic heterocycles. The van der Waals surface area contributed by atoms with Gasteiger partial charge in [-0.2, -0.15) is 0 Å². The number of benzene rings is 2. The van der Waals surface area contributed by atoms with Crippen LogP contribution in [0.2, 0.25) is 9.50 Å². The molecule has 0 fully saturated rings. The Morgan fingerprint density at radius 1 is 0.419 bits per heavy atom. The molecular formula is C40H56Ge2S. The van der Waals surface area contributed by atoms with Gasteiger partial charge < -0.3 is 0 Å². The summed E-state index contributed by atoms with van der Waals surface area (Å²) in [5, 5.41) is 0. The average Bonchev–Trinajstić information content (AvgIpc) is 3.67. The van der Waals surface area contributed by atoms with Crippen LogP contribution in [-0.4, -0.2) is 26.4 Å². The molecular weight excluding hydrogens is 658 g/mol. The quantitative estimate of drug-likeness (QED) is 0.197. The minimum atomic E-state index is -1.95. The van der Waals surface area contributed by atoms with Gasteiger partial charge in [0.1, 0.15) is 0 Å². The molecule has 0 nitrogen and oxygen atoms in total. The molecule has 0 aliphatic heterocycles. The second-order valence-electron chi connectivity index (χ2n) is 14.5. The van der Waals surface area contributed by atoms with Crippen LogP contribution in [0.25, 0.3) is 0 Å². The third-order valence-electron chi connectivity index (χ3n) is 9.08. The van der Waals surface area contributed by atoms with Gasteiger partial charge >= 0.3 is 278 Å². The van der Waals surface area contributed by atoms with E-state index in [1.807, 2.05) is 0 Å². The van der Waals surface area contributed by atoms with E-state index in [2.05, 4.69) is 164 Å². The molecule has 2 aliphatic rings. The van der Waals surface area contributed by atoms with Crippen molar-refractivity contribution in [3.8, 4) is 0 Å². The molecule has 2 aromatic rings. The first-order valence-electron chi connectivity index (χ1n) is 16.8. The first-order chi connectivity index (χ1) is 20.3. The summed E-state index contributed by atoms with van der Waals surface area (Å²) in [5.74, 6) is 3.21. The molecule has 0 spiro atoms. The predicted molar refractivity (Wildman–Crippen MR) is 200 cm³/mol. The summed E-state index contributed by atoms with van der Waals surface area (Å²) in [7, 11) is 2.57. The van der Waals surface area contributed by atoms with Crippen LogP contribution in [0.15, 0.2) is 72.9 Å². The first kappa shape index (κ1) is 34.7. The molecule has 2 aromatic carbocycles. The van der Waals surface area contributed by atoms with Crippen LogP contribution in [0, 0.1) is 0 Å². The minimum absolute atomic E-state index is 0.529. The number of hydrogen-bond donors (Lipinski definition) is 0. The van der Waals surface area contributed by atoms with E-state index in [9.17, 15) is 0 Å². The van der Waals surface area contributed by atoms with Crippen molar-refractivity contribution in [2.45, 2.75) is 128 Å². The summed E-state index contributed by atoms with van der Waals surface area (Å²) < 4.78 is 4.77. The van der Waals surface area contributed by atoms with Crippen molar-refractivity contribution in [2.75, 3.05) is 0 Å². The Bertz CT molecular complexity index is 1200. The van der Waals surface area contributed by atoms with Gasteiger partial charge in [0.2, 0.25) is 0 Å². The summed E-state index contributed by atoms with van der Waals surface area (Å²) in [5.41, 5.74) is 9.60. The van der Waals surface area contributed by atoms with Crippen molar-refractivity contribution in [3.05, 3.63) is 106 Å². The van der Waals surface area contributed by atoms with E-state index >= 15 is 0 Å². The fourth-order valence-corrected chi connectivity index (χ4v) is 48.2. The topological polar surface area (TPSA) is 0 Å². The van der Waals surface area contributed by atoms with E-state index in [4.69, 9.17) is 0 Å². The summed E-state index contributed by atoms with van der Waals surface area (Å²) in [6.45, 7) is 28.9. The molecule has 43 heavy (non-hydrogen) atoms. The maximum absolute atomic E-state index is 2.61. The molecule has 0 bridgehead atoms. The standard InChI is InChI=1S/C40H56Ge2S/c1-25(2)31-21-35(27(5)6)39(36(22-31)28(7)8)41(33-17-13-14-18-33)43-42(34-19-15-16-20-34)40-37(29(9)10)23-32(26(3)4)24-38(40)30(11)12/h13-30,33-34H,1-12H3. The summed E-state index contributed by atoms with van der Waals surface area (Å²) in [6, 6.07) is 10.4. The number of allylic oxidation sites excluding steroid dienone is 8. The zero-order chi connectivity index (χ0) is 31.6. The van der Waals surface area contributed by atoms with Crippen LogP contribution in [0.5, 0.6) is 0 Å². The van der Waals surface area contributed by atoms with Gasteiger partial charge in [-0.1, -0.05) is 0 Å². The molecule has 0 amide bonds. The normalized spacial score (nSPS) is 15.7. The molecule has 0 unspecified atom stereocenters. The maximum atomic E-state index is 2.61. The van der Waals surface area contributed by atoms with Gasteiger partial charge in [0, 0.05) is 0 Å². The van der Waals surface area contributed by atoms with Crippen LogP contribution < -0.4 is 8.79 Å². The summed E-state index contributed by atoms with van der Waals surface area (Å²) >= 11 is -3.90. The fraction of sp³-hybridized carbons (Fsp3) is 0.500. The molecule has 0 saturated carbocycles. The molecule has 2 radical (unpaired) electrons. The van der Waals surface area contributed by atoms with Crippen molar-refractivity contribution in [3.63, 3.8) is 0 Å². The Morgan fingerprint density at radius 2 is 0.674 bits per heavy atom. The third-order valence-corrected chi connectivity index (χ3v) is 40.3. The Morgan fingerprint density at radius 3 is 0.884 bits per heavy atom. The molecule has 0 atom stereocenters. The first-order valence-corrected chi connectivity index (χ1v) is 27.3. The van der Waals surface area contributed by atoms with Crippen molar-refractivity contribution in [2.24, 2.45) is 0 Å². The van der Waals surface area contributed by atoms with Crippen LogP contribution in [0.1, 0.15) is 152 Å². The second kappa shape index (κ2) is 15.0. The SMILES string of the molecule is CC(C)c1cc(C(C)C)[c]([Ge]([S][Ge]([c]2c(C(C)C)cc(C(C)C)cc2C(C)C)[CH]2C=CC=C2)[CH]2C=CC=C2)c(C(C)C)c1. The molecule has 0 heterocycles. The van der Waals surface area contributed by atoms with Crippen molar-refractivity contribution < 1.29 is 0 Å². The summed E-state index contributed by atoms with van der Waals surface area (Å²) in [6.07, 6.45) is 19.5. The van der Waals surface area contributed by atoms with Gasteiger partial charge in [0.25, 0.3) is 0 Å². The van der Waals surface area contributed by atoms with Crippen molar-refractivity contribution >= 4 is 43.6 Å². The fourth-order valence-electron chi connectivity index (χ4n) is 6.38. The van der Waals surface area contributed by atoms with E-state index in [0.29, 0.717) is 45.0 Å². The van der Waals surface area contributed by atoms with Gasteiger partial charge in [0.15, 0.2) is 0 Å². The van der Waals surface area contributed by atoms with Crippen LogP contribution >= 0.6 is 8.41 Å². The molecule has 2 aliphatic carbocycles. The van der Waals surface area contributed by atoms with Gasteiger partial charge in [-0.3, -0.25) is 0 Å². The molecule has 0 saturated heterocycles. The molecule has 0 N–H and O–H groups in total. The van der Waals surface area contributed by atoms with Gasteiger partial charge in [-0.05, 0) is 0 Å². The second-order valence-corrected chi connectivity index (χ2v) is 35.2. The van der Waals surface area contributed by atoms with Crippen molar-refractivity contribution in [1.29, 1.82) is 0 Å². The van der Waals surface area contributed by atoms with Crippen molar-refractivity contribution in [1.82, 2.24) is 0 Å².